The van der Waals surface area contributed by atoms with Gasteiger partial charge in [0.15, 0.2) is 11.5 Å². The molecule has 2 saturated heterocycles. The van der Waals surface area contributed by atoms with Crippen LogP contribution in [0.1, 0.15) is 37.7 Å². The molecule has 1 aromatic rings. The number of unbranched alkanes of at least 4 members (excludes halogenated alkanes) is 1. The Morgan fingerprint density at radius 3 is 2.92 bits per heavy atom. The summed E-state index contributed by atoms with van der Waals surface area (Å²) < 4.78 is 11.1. The van der Waals surface area contributed by atoms with Crippen LogP contribution in [0.5, 0.6) is 11.5 Å². The summed E-state index contributed by atoms with van der Waals surface area (Å²) in [4.78, 5) is 5.30. The molecule has 0 aliphatic carbocycles. The van der Waals surface area contributed by atoms with Crippen LogP contribution in [0.3, 0.4) is 0 Å². The third kappa shape index (κ3) is 4.87. The molecule has 0 saturated carbocycles. The summed E-state index contributed by atoms with van der Waals surface area (Å²) in [7, 11) is 1.61. The van der Waals surface area contributed by atoms with E-state index in [4.69, 9.17) is 14.7 Å². The van der Waals surface area contributed by atoms with E-state index in [1.165, 1.54) is 45.4 Å². The van der Waals surface area contributed by atoms with Gasteiger partial charge in [0.05, 0.1) is 25.3 Å². The fraction of sp³-hybridized carbons (Fsp3) is 0.650. The molecule has 0 amide bonds. The van der Waals surface area contributed by atoms with E-state index in [0.717, 1.165) is 31.2 Å². The molecule has 3 rings (SSSR count). The maximum atomic E-state index is 8.94. The van der Waals surface area contributed by atoms with Gasteiger partial charge < -0.3 is 14.4 Å². The topological polar surface area (TPSA) is 48.7 Å². The average molecular weight is 343 g/mol. The lowest BCUT2D eigenvalue weighted by molar-refractivity contribution is 0.0482. The Kier molecular flexibility index (Phi) is 6.55. The van der Waals surface area contributed by atoms with Crippen LogP contribution < -0.4 is 9.47 Å². The monoisotopic (exact) mass is 343 g/mol. The zero-order chi connectivity index (χ0) is 17.5. The molecule has 2 aliphatic rings. The molecule has 5 heteroatoms. The van der Waals surface area contributed by atoms with Crippen molar-refractivity contribution in [3.05, 3.63) is 23.8 Å². The van der Waals surface area contributed by atoms with Gasteiger partial charge in [-0.1, -0.05) is 6.42 Å². The van der Waals surface area contributed by atoms with E-state index in [1.807, 2.05) is 6.07 Å². The molecule has 0 spiro atoms. The summed E-state index contributed by atoms with van der Waals surface area (Å²) in [6.45, 7) is 6.84. The van der Waals surface area contributed by atoms with E-state index >= 15 is 0 Å². The van der Waals surface area contributed by atoms with Gasteiger partial charge in [-0.3, -0.25) is 4.90 Å². The first-order valence-electron chi connectivity index (χ1n) is 9.47. The first-order chi connectivity index (χ1) is 12.3. The zero-order valence-corrected chi connectivity index (χ0v) is 15.2. The van der Waals surface area contributed by atoms with Gasteiger partial charge in [0.25, 0.3) is 0 Å². The Morgan fingerprint density at radius 1 is 1.16 bits per heavy atom. The van der Waals surface area contributed by atoms with E-state index in [0.29, 0.717) is 17.9 Å². The second kappa shape index (κ2) is 9.07. The first kappa shape index (κ1) is 18.0. The van der Waals surface area contributed by atoms with Crippen LogP contribution in [0.2, 0.25) is 0 Å². The largest absolute Gasteiger partial charge is 0.493 e. The number of rotatable bonds is 7. The number of nitrogens with zero attached hydrogens (tertiary/aromatic N) is 3. The molecule has 1 aromatic carbocycles. The van der Waals surface area contributed by atoms with Gasteiger partial charge in [0.1, 0.15) is 0 Å². The van der Waals surface area contributed by atoms with Crippen LogP contribution in [0, 0.1) is 11.3 Å². The van der Waals surface area contributed by atoms with Gasteiger partial charge in [-0.05, 0) is 50.9 Å². The number of fused-ring (bicyclic) bond motifs is 1. The Balaban J connectivity index is 1.36. The number of hydrogen-bond acceptors (Lipinski definition) is 5. The number of benzene rings is 1. The van der Waals surface area contributed by atoms with Crippen LogP contribution in [0.4, 0.5) is 0 Å². The number of ether oxygens (including phenoxy) is 2. The first-order valence-corrected chi connectivity index (χ1v) is 9.47. The molecule has 2 aliphatic heterocycles. The SMILES string of the molecule is COc1cc(C#N)ccc1OCCCCN1CCN2CCCCC2C1. The van der Waals surface area contributed by atoms with E-state index in [2.05, 4.69) is 15.9 Å². The highest BCUT2D eigenvalue weighted by atomic mass is 16.5. The molecule has 0 aromatic heterocycles. The van der Waals surface area contributed by atoms with Crippen LogP contribution >= 0.6 is 0 Å². The lowest BCUT2D eigenvalue weighted by Gasteiger charge is -2.44. The van der Waals surface area contributed by atoms with Crippen molar-refractivity contribution >= 4 is 0 Å². The van der Waals surface area contributed by atoms with Gasteiger partial charge in [-0.2, -0.15) is 5.26 Å². The van der Waals surface area contributed by atoms with Crippen molar-refractivity contribution in [2.24, 2.45) is 0 Å². The van der Waals surface area contributed by atoms with E-state index in [-0.39, 0.29) is 0 Å². The fourth-order valence-corrected chi connectivity index (χ4v) is 3.90. The highest BCUT2D eigenvalue weighted by Gasteiger charge is 2.28. The van der Waals surface area contributed by atoms with Gasteiger partial charge in [0, 0.05) is 31.7 Å². The second-order valence-corrected chi connectivity index (χ2v) is 7.02. The van der Waals surface area contributed by atoms with Crippen molar-refractivity contribution in [3.8, 4) is 17.6 Å². The highest BCUT2D eigenvalue weighted by Crippen LogP contribution is 2.28. The molecule has 1 atom stereocenters. The Hall–Kier alpha value is -1.77. The van der Waals surface area contributed by atoms with Crippen molar-refractivity contribution in [3.63, 3.8) is 0 Å². The maximum absolute atomic E-state index is 8.94. The molecule has 2 fully saturated rings. The zero-order valence-electron chi connectivity index (χ0n) is 15.2. The summed E-state index contributed by atoms with van der Waals surface area (Å²) in [5.41, 5.74) is 0.589. The van der Waals surface area contributed by atoms with Crippen molar-refractivity contribution in [2.75, 3.05) is 46.4 Å². The van der Waals surface area contributed by atoms with Crippen molar-refractivity contribution in [1.29, 1.82) is 5.26 Å². The molecule has 0 bridgehead atoms. The molecule has 136 valence electrons. The van der Waals surface area contributed by atoms with Gasteiger partial charge in [-0.15, -0.1) is 0 Å². The standard InChI is InChI=1S/C20H29N3O2/c1-24-20-14-17(15-21)7-8-19(20)25-13-5-4-9-22-11-12-23-10-3-2-6-18(23)16-22/h7-8,14,18H,2-6,9-13,16H2,1H3. The van der Waals surface area contributed by atoms with E-state index in [9.17, 15) is 0 Å². The third-order valence-corrected chi connectivity index (χ3v) is 5.34. The number of piperidine rings is 1. The molecular formula is C20H29N3O2. The van der Waals surface area contributed by atoms with E-state index < -0.39 is 0 Å². The Morgan fingerprint density at radius 2 is 2.08 bits per heavy atom. The molecule has 0 N–H and O–H groups in total. The Labute approximate surface area is 151 Å². The fourth-order valence-electron chi connectivity index (χ4n) is 3.90. The molecule has 0 radical (unpaired) electrons. The van der Waals surface area contributed by atoms with Crippen molar-refractivity contribution < 1.29 is 9.47 Å². The van der Waals surface area contributed by atoms with Gasteiger partial charge in [-0.25, -0.2) is 0 Å². The number of nitriles is 1. The lowest BCUT2D eigenvalue weighted by atomic mass is 9.99. The predicted molar refractivity (Wildman–Crippen MR) is 98.1 cm³/mol. The number of methoxy groups -OCH3 is 1. The average Bonchev–Trinajstić information content (AvgIpc) is 2.67. The van der Waals surface area contributed by atoms with Crippen LogP contribution in [-0.4, -0.2) is 62.3 Å². The minimum absolute atomic E-state index is 0.589. The van der Waals surface area contributed by atoms with Crippen LogP contribution in [-0.2, 0) is 0 Å². The smallest absolute Gasteiger partial charge is 0.162 e. The minimum atomic E-state index is 0.589. The lowest BCUT2D eigenvalue weighted by Crippen LogP contribution is -2.54. The van der Waals surface area contributed by atoms with Crippen LogP contribution in [0.25, 0.3) is 0 Å². The molecule has 2 heterocycles. The third-order valence-electron chi connectivity index (χ3n) is 5.34. The Bertz CT molecular complexity index is 599. The highest BCUT2D eigenvalue weighted by molar-refractivity contribution is 5.46. The van der Waals surface area contributed by atoms with Crippen molar-refractivity contribution in [1.82, 2.24) is 9.80 Å². The van der Waals surface area contributed by atoms with Gasteiger partial charge in [0.2, 0.25) is 0 Å². The van der Waals surface area contributed by atoms with E-state index in [1.54, 1.807) is 19.2 Å². The summed E-state index contributed by atoms with van der Waals surface area (Å²) in [5.74, 6) is 1.35. The summed E-state index contributed by atoms with van der Waals surface area (Å²) in [6, 6.07) is 8.22. The number of piperazine rings is 1. The van der Waals surface area contributed by atoms with Crippen molar-refractivity contribution in [2.45, 2.75) is 38.1 Å². The second-order valence-electron chi connectivity index (χ2n) is 7.02. The number of hydrogen-bond donors (Lipinski definition) is 0. The molecular weight excluding hydrogens is 314 g/mol. The molecule has 5 nitrogen and oxygen atoms in total. The summed E-state index contributed by atoms with van der Waals surface area (Å²) in [6.07, 6.45) is 6.35. The quantitative estimate of drug-likeness (QED) is 0.713. The van der Waals surface area contributed by atoms with Crippen LogP contribution in [0.15, 0.2) is 18.2 Å². The van der Waals surface area contributed by atoms with Gasteiger partial charge >= 0.3 is 0 Å². The summed E-state index contributed by atoms with van der Waals surface area (Å²) >= 11 is 0. The minimum Gasteiger partial charge on any atom is -0.493 e. The molecule has 25 heavy (non-hydrogen) atoms. The maximum Gasteiger partial charge on any atom is 0.162 e. The molecule has 1 unspecified atom stereocenters. The summed E-state index contributed by atoms with van der Waals surface area (Å²) in [5, 5.41) is 8.94. The normalized spacial score (nSPS) is 21.4. The predicted octanol–water partition coefficient (Wildman–Crippen LogP) is 2.90.